The summed E-state index contributed by atoms with van der Waals surface area (Å²) in [5, 5.41) is 3.13. The smallest absolute Gasteiger partial charge is 0.264 e. The number of amides is 2. The van der Waals surface area contributed by atoms with Crippen molar-refractivity contribution < 1.29 is 18.0 Å². The van der Waals surface area contributed by atoms with Crippen LogP contribution in [0.3, 0.4) is 0 Å². The van der Waals surface area contributed by atoms with E-state index in [4.69, 9.17) is 0 Å². The van der Waals surface area contributed by atoms with Crippen molar-refractivity contribution in [3.63, 3.8) is 0 Å². The molecule has 3 heterocycles. The fourth-order valence-corrected chi connectivity index (χ4v) is 6.03. The van der Waals surface area contributed by atoms with Gasteiger partial charge in [0.15, 0.2) is 0 Å². The highest BCUT2D eigenvalue weighted by Gasteiger charge is 2.34. The minimum atomic E-state index is -3.51. The molecule has 1 aromatic carbocycles. The molecule has 0 aliphatic carbocycles. The average molecular weight is 474 g/mol. The molecule has 32 heavy (non-hydrogen) atoms. The summed E-state index contributed by atoms with van der Waals surface area (Å²) >= 11 is 1.43. The van der Waals surface area contributed by atoms with Crippen LogP contribution in [0.15, 0.2) is 53.3 Å². The van der Waals surface area contributed by atoms with Gasteiger partial charge in [-0.1, -0.05) is 36.4 Å². The Labute approximate surface area is 193 Å². The van der Waals surface area contributed by atoms with Gasteiger partial charge in [0.25, 0.3) is 5.91 Å². The molecular formula is C23H27N3O4S2. The summed E-state index contributed by atoms with van der Waals surface area (Å²) in [6.07, 6.45) is 2.64. The number of piperazine rings is 1. The average Bonchev–Trinajstić information content (AvgIpc) is 3.38. The van der Waals surface area contributed by atoms with Crippen LogP contribution < -0.4 is 0 Å². The van der Waals surface area contributed by atoms with Crippen molar-refractivity contribution in [1.29, 1.82) is 0 Å². The van der Waals surface area contributed by atoms with Crippen molar-refractivity contribution >= 4 is 39.3 Å². The van der Waals surface area contributed by atoms with Crippen LogP contribution in [0.2, 0.25) is 0 Å². The molecule has 0 spiro atoms. The number of benzene rings is 1. The van der Waals surface area contributed by atoms with Crippen LogP contribution in [0.1, 0.15) is 28.1 Å². The Balaban J connectivity index is 1.27. The lowest BCUT2D eigenvalue weighted by atomic mass is 9.96. The quantitative estimate of drug-likeness (QED) is 0.669. The summed E-state index contributed by atoms with van der Waals surface area (Å²) < 4.78 is 26.7. The Hall–Kier alpha value is -2.49. The summed E-state index contributed by atoms with van der Waals surface area (Å²) in [4.78, 5) is 29.8. The number of carbonyl (C=O) groups is 2. The third-order valence-corrected chi connectivity index (χ3v) is 8.43. The number of rotatable bonds is 5. The highest BCUT2D eigenvalue weighted by Crippen LogP contribution is 2.24. The van der Waals surface area contributed by atoms with E-state index in [-0.39, 0.29) is 17.7 Å². The van der Waals surface area contributed by atoms with Crippen LogP contribution in [-0.2, 0) is 14.8 Å². The summed E-state index contributed by atoms with van der Waals surface area (Å²) in [5.41, 5.74) is 0.831. The highest BCUT2D eigenvalue weighted by molar-refractivity contribution is 7.92. The van der Waals surface area contributed by atoms with Crippen LogP contribution in [-0.4, -0.2) is 73.6 Å². The molecule has 0 saturated carbocycles. The zero-order chi connectivity index (χ0) is 22.6. The number of hydrogen-bond acceptors (Lipinski definition) is 5. The maximum atomic E-state index is 13.0. The standard InChI is InChI=1S/C23H27N3O4S2/c27-22(24-13-15-25(16-14-24)23(28)21-7-4-17-31-21)20-8-11-26(12-9-20)32(29,30)18-10-19-5-2-1-3-6-19/h1-7,10,17-18,20H,8-9,11-16H2/b18-10+. The van der Waals surface area contributed by atoms with E-state index in [0.29, 0.717) is 52.1 Å². The predicted octanol–water partition coefficient (Wildman–Crippen LogP) is 2.75. The number of thiophene rings is 1. The Morgan fingerprint density at radius 1 is 0.875 bits per heavy atom. The van der Waals surface area contributed by atoms with E-state index in [1.807, 2.05) is 52.7 Å². The third kappa shape index (κ3) is 5.28. The molecule has 2 aliphatic rings. The topological polar surface area (TPSA) is 78.0 Å². The molecule has 2 fully saturated rings. The normalized spacial score (nSPS) is 18.9. The molecule has 9 heteroatoms. The van der Waals surface area contributed by atoms with Crippen molar-refractivity contribution in [2.45, 2.75) is 12.8 Å². The van der Waals surface area contributed by atoms with Gasteiger partial charge in [0.05, 0.1) is 4.88 Å². The Kier molecular flexibility index (Phi) is 7.07. The Morgan fingerprint density at radius 2 is 1.53 bits per heavy atom. The lowest BCUT2D eigenvalue weighted by Gasteiger charge is -2.38. The largest absolute Gasteiger partial charge is 0.339 e. The first kappa shape index (κ1) is 22.7. The van der Waals surface area contributed by atoms with Crippen molar-refractivity contribution in [2.75, 3.05) is 39.3 Å². The molecule has 170 valence electrons. The summed E-state index contributed by atoms with van der Waals surface area (Å²) in [5.74, 6) is -0.0710. The zero-order valence-electron chi connectivity index (χ0n) is 17.8. The van der Waals surface area contributed by atoms with Gasteiger partial charge in [0, 0.05) is 50.6 Å². The maximum absolute atomic E-state index is 13.0. The second kappa shape index (κ2) is 9.97. The summed E-state index contributed by atoms with van der Waals surface area (Å²) in [7, 11) is -3.51. The van der Waals surface area contributed by atoms with Crippen LogP contribution >= 0.6 is 11.3 Å². The van der Waals surface area contributed by atoms with E-state index in [2.05, 4.69) is 0 Å². The van der Waals surface area contributed by atoms with Crippen LogP contribution in [0.4, 0.5) is 0 Å². The molecule has 2 amide bonds. The first-order valence-corrected chi connectivity index (χ1v) is 13.2. The van der Waals surface area contributed by atoms with E-state index in [1.165, 1.54) is 21.1 Å². The monoisotopic (exact) mass is 473 g/mol. The molecule has 0 bridgehead atoms. The van der Waals surface area contributed by atoms with Gasteiger partial charge < -0.3 is 9.80 Å². The molecule has 2 saturated heterocycles. The van der Waals surface area contributed by atoms with Gasteiger partial charge in [-0.15, -0.1) is 11.3 Å². The maximum Gasteiger partial charge on any atom is 0.264 e. The van der Waals surface area contributed by atoms with E-state index in [0.717, 1.165) is 10.4 Å². The Bertz CT molecular complexity index is 1050. The molecule has 0 unspecified atom stereocenters. The number of piperidine rings is 1. The summed E-state index contributed by atoms with van der Waals surface area (Å²) in [6, 6.07) is 13.0. The molecule has 4 rings (SSSR count). The van der Waals surface area contributed by atoms with E-state index in [1.54, 1.807) is 11.0 Å². The molecule has 7 nitrogen and oxygen atoms in total. The third-order valence-electron chi connectivity index (χ3n) is 6.01. The van der Waals surface area contributed by atoms with Crippen LogP contribution in [0, 0.1) is 5.92 Å². The van der Waals surface area contributed by atoms with Crippen molar-refractivity contribution in [3.8, 4) is 0 Å². The predicted molar refractivity (Wildman–Crippen MR) is 125 cm³/mol. The van der Waals surface area contributed by atoms with Gasteiger partial charge >= 0.3 is 0 Å². The molecule has 0 radical (unpaired) electrons. The number of nitrogens with zero attached hydrogens (tertiary/aromatic N) is 3. The van der Waals surface area contributed by atoms with Crippen molar-refractivity contribution in [3.05, 3.63) is 63.7 Å². The number of sulfonamides is 1. The van der Waals surface area contributed by atoms with Crippen LogP contribution in [0.5, 0.6) is 0 Å². The van der Waals surface area contributed by atoms with E-state index < -0.39 is 10.0 Å². The molecule has 2 aromatic rings. The molecule has 2 aliphatic heterocycles. The number of carbonyl (C=O) groups excluding carboxylic acids is 2. The minimum Gasteiger partial charge on any atom is -0.339 e. The summed E-state index contributed by atoms with van der Waals surface area (Å²) in [6.45, 7) is 2.78. The number of hydrogen-bond donors (Lipinski definition) is 0. The van der Waals surface area contributed by atoms with Gasteiger partial charge in [0.1, 0.15) is 0 Å². The second-order valence-electron chi connectivity index (χ2n) is 8.03. The second-order valence-corrected chi connectivity index (χ2v) is 10.8. The van der Waals surface area contributed by atoms with Crippen molar-refractivity contribution in [1.82, 2.24) is 14.1 Å². The first-order chi connectivity index (χ1) is 15.4. The van der Waals surface area contributed by atoms with Gasteiger partial charge in [0.2, 0.25) is 15.9 Å². The fraction of sp³-hybridized carbons (Fsp3) is 0.391. The molecule has 1 aromatic heterocycles. The molecule has 0 N–H and O–H groups in total. The molecule has 0 atom stereocenters. The lowest BCUT2D eigenvalue weighted by molar-refractivity contribution is -0.138. The van der Waals surface area contributed by atoms with Gasteiger partial charge in [-0.2, -0.15) is 4.31 Å². The van der Waals surface area contributed by atoms with Gasteiger partial charge in [-0.05, 0) is 35.9 Å². The lowest BCUT2D eigenvalue weighted by Crippen LogP contribution is -2.53. The van der Waals surface area contributed by atoms with E-state index in [9.17, 15) is 18.0 Å². The highest BCUT2D eigenvalue weighted by atomic mass is 32.2. The van der Waals surface area contributed by atoms with Gasteiger partial charge in [-0.3, -0.25) is 9.59 Å². The fourth-order valence-electron chi connectivity index (χ4n) is 4.12. The minimum absolute atomic E-state index is 0.0224. The molecular weight excluding hydrogens is 446 g/mol. The first-order valence-electron chi connectivity index (χ1n) is 10.8. The van der Waals surface area contributed by atoms with Crippen LogP contribution in [0.25, 0.3) is 6.08 Å². The Morgan fingerprint density at radius 3 is 2.16 bits per heavy atom. The zero-order valence-corrected chi connectivity index (χ0v) is 19.4. The SMILES string of the molecule is O=C(c1cccs1)N1CCN(C(=O)C2CCN(S(=O)(=O)/C=C/c3ccccc3)CC2)CC1. The van der Waals surface area contributed by atoms with Crippen molar-refractivity contribution in [2.24, 2.45) is 5.92 Å². The van der Waals surface area contributed by atoms with E-state index >= 15 is 0 Å². The van der Waals surface area contributed by atoms with Gasteiger partial charge in [-0.25, -0.2) is 8.42 Å².